The summed E-state index contributed by atoms with van der Waals surface area (Å²) in [6, 6.07) is 2.71. The number of hydrogen-bond acceptors (Lipinski definition) is 4. The molecule has 0 bridgehead atoms. The van der Waals surface area contributed by atoms with Crippen LogP contribution in [0.4, 0.5) is 10.6 Å². The predicted octanol–water partition coefficient (Wildman–Crippen LogP) is 1.23. The number of carboxylic acids is 1. The number of aromatic nitrogens is 1. The van der Waals surface area contributed by atoms with Gasteiger partial charge in [0.25, 0.3) is 0 Å². The van der Waals surface area contributed by atoms with Crippen LogP contribution in [-0.2, 0) is 0 Å². The molecule has 0 spiro atoms. The Labute approximate surface area is 114 Å². The average molecular weight is 286 g/mol. The van der Waals surface area contributed by atoms with Crippen molar-refractivity contribution in [2.75, 3.05) is 31.1 Å². The van der Waals surface area contributed by atoms with Crippen LogP contribution in [0.15, 0.2) is 12.1 Å². The summed E-state index contributed by atoms with van der Waals surface area (Å²) in [6.07, 6.45) is -0.954. The highest BCUT2D eigenvalue weighted by molar-refractivity contribution is 6.29. The van der Waals surface area contributed by atoms with Crippen LogP contribution in [0.1, 0.15) is 10.4 Å². The molecular formula is C11H12ClN3O4. The summed E-state index contributed by atoms with van der Waals surface area (Å²) in [5.41, 5.74) is 0.0654. The summed E-state index contributed by atoms with van der Waals surface area (Å²) in [6.45, 7) is 1.62. The van der Waals surface area contributed by atoms with E-state index in [2.05, 4.69) is 4.98 Å². The van der Waals surface area contributed by atoms with Crippen molar-refractivity contribution in [3.8, 4) is 0 Å². The minimum absolute atomic E-state index is 0.0654. The molecule has 1 aromatic heterocycles. The van der Waals surface area contributed by atoms with Gasteiger partial charge in [-0.25, -0.2) is 14.6 Å². The quantitative estimate of drug-likeness (QED) is 0.794. The van der Waals surface area contributed by atoms with Crippen LogP contribution >= 0.6 is 11.6 Å². The van der Waals surface area contributed by atoms with Crippen molar-refractivity contribution in [2.24, 2.45) is 0 Å². The molecule has 19 heavy (non-hydrogen) atoms. The molecule has 2 heterocycles. The number of anilines is 1. The van der Waals surface area contributed by atoms with Gasteiger partial charge in [0, 0.05) is 26.2 Å². The molecule has 0 aromatic carbocycles. The number of rotatable bonds is 2. The lowest BCUT2D eigenvalue weighted by Crippen LogP contribution is -2.48. The molecule has 1 aromatic rings. The van der Waals surface area contributed by atoms with Crippen molar-refractivity contribution in [1.29, 1.82) is 0 Å². The van der Waals surface area contributed by atoms with E-state index in [0.29, 0.717) is 32.0 Å². The lowest BCUT2D eigenvalue weighted by molar-refractivity contribution is 0.0696. The largest absolute Gasteiger partial charge is 0.478 e. The molecule has 8 heteroatoms. The van der Waals surface area contributed by atoms with Gasteiger partial charge in [-0.2, -0.15) is 0 Å². The molecule has 1 amide bonds. The Bertz CT molecular complexity index is 515. The molecule has 1 saturated heterocycles. The van der Waals surface area contributed by atoms with Gasteiger partial charge in [0.05, 0.1) is 5.56 Å². The first-order chi connectivity index (χ1) is 8.97. The summed E-state index contributed by atoms with van der Waals surface area (Å²) in [4.78, 5) is 28.9. The highest BCUT2D eigenvalue weighted by atomic mass is 35.5. The fraction of sp³-hybridized carbons (Fsp3) is 0.364. The normalized spacial score (nSPS) is 15.4. The highest BCUT2D eigenvalue weighted by Crippen LogP contribution is 2.19. The number of hydrogen-bond donors (Lipinski definition) is 2. The maximum Gasteiger partial charge on any atom is 0.407 e. The van der Waals surface area contributed by atoms with Gasteiger partial charge in [0.15, 0.2) is 0 Å². The van der Waals surface area contributed by atoms with Gasteiger partial charge >= 0.3 is 12.1 Å². The van der Waals surface area contributed by atoms with E-state index in [0.717, 1.165) is 0 Å². The van der Waals surface area contributed by atoms with E-state index in [1.165, 1.54) is 17.0 Å². The zero-order chi connectivity index (χ0) is 14.0. The Hall–Kier alpha value is -2.02. The molecule has 2 N–H and O–H groups in total. The number of amides is 1. The zero-order valence-electron chi connectivity index (χ0n) is 9.91. The molecule has 0 saturated carbocycles. The SMILES string of the molecule is O=C(O)c1cc(Cl)nc(N2CCN(C(=O)O)CC2)c1. The number of nitrogens with zero attached hydrogens (tertiary/aromatic N) is 3. The molecule has 2 rings (SSSR count). The fourth-order valence-corrected chi connectivity index (χ4v) is 2.10. The number of carboxylic acid groups (broad SMARTS) is 2. The van der Waals surface area contributed by atoms with Gasteiger partial charge in [0.2, 0.25) is 0 Å². The average Bonchev–Trinajstić information content (AvgIpc) is 2.38. The first kappa shape index (κ1) is 13.4. The van der Waals surface area contributed by atoms with Crippen LogP contribution in [0.25, 0.3) is 0 Å². The van der Waals surface area contributed by atoms with Crippen molar-refractivity contribution in [1.82, 2.24) is 9.88 Å². The van der Waals surface area contributed by atoms with E-state index in [-0.39, 0.29) is 10.7 Å². The predicted molar refractivity (Wildman–Crippen MR) is 68.0 cm³/mol. The molecule has 1 aliphatic rings. The lowest BCUT2D eigenvalue weighted by atomic mass is 10.2. The number of pyridine rings is 1. The molecule has 102 valence electrons. The first-order valence-corrected chi connectivity index (χ1v) is 5.99. The van der Waals surface area contributed by atoms with E-state index in [4.69, 9.17) is 21.8 Å². The van der Waals surface area contributed by atoms with Crippen molar-refractivity contribution in [3.05, 3.63) is 22.8 Å². The van der Waals surface area contributed by atoms with Crippen LogP contribution in [0.2, 0.25) is 5.15 Å². The second-order valence-corrected chi connectivity index (χ2v) is 4.49. The van der Waals surface area contributed by atoms with E-state index in [9.17, 15) is 9.59 Å². The molecular weight excluding hydrogens is 274 g/mol. The van der Waals surface area contributed by atoms with Gasteiger partial charge in [-0.3, -0.25) is 0 Å². The third-order valence-electron chi connectivity index (χ3n) is 2.90. The summed E-state index contributed by atoms with van der Waals surface area (Å²) in [5.74, 6) is -0.621. The van der Waals surface area contributed by atoms with Crippen LogP contribution in [-0.4, -0.2) is 58.3 Å². The summed E-state index contributed by atoms with van der Waals surface area (Å²) in [7, 11) is 0. The minimum atomic E-state index is -1.07. The Morgan fingerprint density at radius 1 is 1.16 bits per heavy atom. The van der Waals surface area contributed by atoms with Crippen LogP contribution < -0.4 is 4.90 Å². The first-order valence-electron chi connectivity index (χ1n) is 5.61. The van der Waals surface area contributed by atoms with Crippen molar-refractivity contribution >= 4 is 29.5 Å². The zero-order valence-corrected chi connectivity index (χ0v) is 10.7. The number of halogens is 1. The maximum absolute atomic E-state index is 10.9. The third kappa shape index (κ3) is 3.05. The number of carbonyl (C=O) groups is 2. The van der Waals surface area contributed by atoms with Gasteiger partial charge in [-0.05, 0) is 12.1 Å². The van der Waals surface area contributed by atoms with E-state index in [1.54, 1.807) is 0 Å². The van der Waals surface area contributed by atoms with Crippen molar-refractivity contribution < 1.29 is 19.8 Å². The summed E-state index contributed by atoms with van der Waals surface area (Å²) < 4.78 is 0. The summed E-state index contributed by atoms with van der Waals surface area (Å²) in [5, 5.41) is 17.9. The monoisotopic (exact) mass is 285 g/mol. The van der Waals surface area contributed by atoms with Gasteiger partial charge in [0.1, 0.15) is 11.0 Å². The van der Waals surface area contributed by atoms with Gasteiger partial charge in [-0.15, -0.1) is 0 Å². The minimum Gasteiger partial charge on any atom is -0.478 e. The molecule has 0 atom stereocenters. The van der Waals surface area contributed by atoms with E-state index < -0.39 is 12.1 Å². The Morgan fingerprint density at radius 3 is 2.32 bits per heavy atom. The van der Waals surface area contributed by atoms with Crippen LogP contribution in [0, 0.1) is 0 Å². The number of piperazine rings is 1. The van der Waals surface area contributed by atoms with Crippen molar-refractivity contribution in [3.63, 3.8) is 0 Å². The molecule has 0 radical (unpaired) electrons. The number of aromatic carboxylic acids is 1. The molecule has 7 nitrogen and oxygen atoms in total. The Morgan fingerprint density at radius 2 is 1.79 bits per heavy atom. The van der Waals surface area contributed by atoms with E-state index in [1.807, 2.05) is 4.90 Å². The topological polar surface area (TPSA) is 94.0 Å². The lowest BCUT2D eigenvalue weighted by Gasteiger charge is -2.33. The Kier molecular flexibility index (Phi) is 3.75. The second kappa shape index (κ2) is 5.31. The fourth-order valence-electron chi connectivity index (χ4n) is 1.90. The molecule has 1 aliphatic heterocycles. The third-order valence-corrected chi connectivity index (χ3v) is 3.10. The van der Waals surface area contributed by atoms with Gasteiger partial charge < -0.3 is 20.0 Å². The smallest absolute Gasteiger partial charge is 0.407 e. The van der Waals surface area contributed by atoms with Crippen molar-refractivity contribution in [2.45, 2.75) is 0 Å². The maximum atomic E-state index is 10.9. The summed E-state index contributed by atoms with van der Waals surface area (Å²) >= 11 is 5.79. The molecule has 0 aliphatic carbocycles. The second-order valence-electron chi connectivity index (χ2n) is 4.10. The highest BCUT2D eigenvalue weighted by Gasteiger charge is 2.22. The van der Waals surface area contributed by atoms with Crippen LogP contribution in [0.5, 0.6) is 0 Å². The standard InChI is InChI=1S/C11H12ClN3O4/c12-8-5-7(10(16)17)6-9(13-8)14-1-3-15(4-2-14)11(18)19/h5-6H,1-4H2,(H,16,17)(H,18,19). The van der Waals surface area contributed by atoms with Gasteiger partial charge in [-0.1, -0.05) is 11.6 Å². The molecule has 1 fully saturated rings. The Balaban J connectivity index is 2.15. The van der Waals surface area contributed by atoms with E-state index >= 15 is 0 Å². The van der Waals surface area contributed by atoms with Crippen LogP contribution in [0.3, 0.4) is 0 Å². The molecule has 0 unspecified atom stereocenters.